The van der Waals surface area contributed by atoms with Crippen molar-refractivity contribution in [2.75, 3.05) is 17.8 Å². The molecule has 0 unspecified atom stereocenters. The van der Waals surface area contributed by atoms with Crippen LogP contribution in [0.3, 0.4) is 0 Å². The molecular formula is C16H17N3O3S2. The number of hydrogen-bond donors (Lipinski definition) is 0. The summed E-state index contributed by atoms with van der Waals surface area (Å²) in [5, 5.41) is 8.80. The number of carbonyl (C=O) groups is 2. The van der Waals surface area contributed by atoms with E-state index in [4.69, 9.17) is 4.74 Å². The monoisotopic (exact) mass is 363 g/mol. The molecule has 0 saturated heterocycles. The lowest BCUT2D eigenvalue weighted by molar-refractivity contribution is -0.116. The van der Waals surface area contributed by atoms with Crippen LogP contribution in [0.5, 0.6) is 5.75 Å². The van der Waals surface area contributed by atoms with Crippen molar-refractivity contribution < 1.29 is 14.3 Å². The first-order chi connectivity index (χ1) is 11.6. The number of carbonyl (C=O) groups excluding carboxylic acids is 2. The number of methoxy groups -OCH3 is 1. The molecule has 0 radical (unpaired) electrons. The molecule has 6 nitrogen and oxygen atoms in total. The van der Waals surface area contributed by atoms with E-state index in [9.17, 15) is 9.59 Å². The van der Waals surface area contributed by atoms with Gasteiger partial charge in [-0.05, 0) is 37.1 Å². The maximum Gasteiger partial charge on any atom is 0.225 e. The fourth-order valence-corrected chi connectivity index (χ4v) is 4.08. The predicted molar refractivity (Wildman–Crippen MR) is 94.1 cm³/mol. The van der Waals surface area contributed by atoms with Crippen LogP contribution in [0, 0.1) is 0 Å². The van der Waals surface area contributed by atoms with Crippen LogP contribution in [0.1, 0.15) is 30.1 Å². The van der Waals surface area contributed by atoms with Crippen LogP contribution in [-0.4, -0.2) is 40.8 Å². The van der Waals surface area contributed by atoms with E-state index in [1.54, 1.807) is 43.2 Å². The maximum atomic E-state index is 12.2. The Labute approximate surface area is 148 Å². The summed E-state index contributed by atoms with van der Waals surface area (Å²) in [4.78, 5) is 25.6. The molecule has 1 aromatic heterocycles. The minimum Gasteiger partial charge on any atom is -0.497 e. The molecular weight excluding hydrogens is 346 g/mol. The Morgan fingerprint density at radius 2 is 2.00 bits per heavy atom. The topological polar surface area (TPSA) is 72.4 Å². The second-order valence-electron chi connectivity index (χ2n) is 5.41. The largest absolute Gasteiger partial charge is 0.497 e. The van der Waals surface area contributed by atoms with Gasteiger partial charge in [-0.15, -0.1) is 10.2 Å². The van der Waals surface area contributed by atoms with E-state index in [-0.39, 0.29) is 23.5 Å². The van der Waals surface area contributed by atoms with E-state index in [0.717, 1.165) is 18.6 Å². The third-order valence-corrected chi connectivity index (χ3v) is 5.65. The lowest BCUT2D eigenvalue weighted by Crippen LogP contribution is -2.30. The Morgan fingerprint density at radius 3 is 2.58 bits per heavy atom. The van der Waals surface area contributed by atoms with Gasteiger partial charge in [0.15, 0.2) is 10.1 Å². The summed E-state index contributed by atoms with van der Waals surface area (Å²) in [6, 6.07) is 7.28. The highest BCUT2D eigenvalue weighted by Gasteiger charge is 2.34. The average molecular weight is 363 g/mol. The molecule has 1 aromatic carbocycles. The number of Topliss-reactive ketones (excluding diaryl/α,β-unsaturated/α-hetero) is 1. The maximum absolute atomic E-state index is 12.2. The van der Waals surface area contributed by atoms with Gasteiger partial charge in [0.25, 0.3) is 0 Å². The number of anilines is 1. The average Bonchev–Trinajstić information content (AvgIpc) is 3.30. The minimum absolute atomic E-state index is 0.0143. The van der Waals surface area contributed by atoms with Gasteiger partial charge in [-0.3, -0.25) is 14.5 Å². The summed E-state index contributed by atoms with van der Waals surface area (Å²) in [6.07, 6.45) is 2.02. The molecule has 1 heterocycles. The Morgan fingerprint density at radius 1 is 1.29 bits per heavy atom. The van der Waals surface area contributed by atoms with Crippen molar-refractivity contribution >= 4 is 39.9 Å². The molecule has 1 aliphatic rings. The molecule has 126 valence electrons. The van der Waals surface area contributed by atoms with Crippen LogP contribution >= 0.6 is 23.1 Å². The summed E-state index contributed by atoms with van der Waals surface area (Å²) in [5.41, 5.74) is 0.636. The first-order valence-corrected chi connectivity index (χ1v) is 9.32. The molecule has 0 bridgehead atoms. The van der Waals surface area contributed by atoms with Gasteiger partial charge in [-0.2, -0.15) is 0 Å². The summed E-state index contributed by atoms with van der Waals surface area (Å²) in [7, 11) is 1.59. The number of rotatable bonds is 7. The van der Waals surface area contributed by atoms with Gasteiger partial charge in [0.05, 0.1) is 12.9 Å². The van der Waals surface area contributed by atoms with Crippen LogP contribution in [0.4, 0.5) is 5.13 Å². The van der Waals surface area contributed by atoms with Crippen LogP contribution in [0.25, 0.3) is 0 Å². The van der Waals surface area contributed by atoms with E-state index >= 15 is 0 Å². The number of ketones is 1. The van der Waals surface area contributed by atoms with Crippen molar-refractivity contribution in [2.45, 2.75) is 30.1 Å². The smallest absolute Gasteiger partial charge is 0.225 e. The van der Waals surface area contributed by atoms with Crippen molar-refractivity contribution in [3.63, 3.8) is 0 Å². The van der Waals surface area contributed by atoms with Crippen molar-refractivity contribution in [1.29, 1.82) is 0 Å². The first kappa shape index (κ1) is 16.9. The third kappa shape index (κ3) is 3.93. The molecule has 0 N–H and O–H groups in total. The molecule has 2 aromatic rings. The molecule has 1 aliphatic carbocycles. The normalized spacial score (nSPS) is 13.6. The minimum atomic E-state index is -0.0143. The van der Waals surface area contributed by atoms with Crippen LogP contribution in [-0.2, 0) is 4.79 Å². The fourth-order valence-electron chi connectivity index (χ4n) is 2.23. The number of hydrogen-bond acceptors (Lipinski definition) is 7. The van der Waals surface area contributed by atoms with Crippen LogP contribution in [0.15, 0.2) is 28.6 Å². The summed E-state index contributed by atoms with van der Waals surface area (Å²) >= 11 is 2.70. The molecule has 1 saturated carbocycles. The lowest BCUT2D eigenvalue weighted by Gasteiger charge is -2.15. The highest BCUT2D eigenvalue weighted by molar-refractivity contribution is 8.01. The molecule has 1 fully saturated rings. The van der Waals surface area contributed by atoms with Gasteiger partial charge in [0, 0.05) is 18.5 Å². The molecule has 0 aliphatic heterocycles. The second kappa shape index (κ2) is 7.31. The van der Waals surface area contributed by atoms with Crippen LogP contribution < -0.4 is 9.64 Å². The summed E-state index contributed by atoms with van der Waals surface area (Å²) in [5.74, 6) is 1.01. The van der Waals surface area contributed by atoms with Gasteiger partial charge in [-0.25, -0.2) is 0 Å². The van der Waals surface area contributed by atoms with Crippen molar-refractivity contribution in [2.24, 2.45) is 0 Å². The van der Waals surface area contributed by atoms with E-state index in [0.29, 0.717) is 15.0 Å². The highest BCUT2D eigenvalue weighted by atomic mass is 32.2. The molecule has 24 heavy (non-hydrogen) atoms. The van der Waals surface area contributed by atoms with Gasteiger partial charge in [0.2, 0.25) is 11.0 Å². The van der Waals surface area contributed by atoms with E-state index in [2.05, 4.69) is 10.2 Å². The van der Waals surface area contributed by atoms with Crippen molar-refractivity contribution in [1.82, 2.24) is 10.2 Å². The summed E-state index contributed by atoms with van der Waals surface area (Å²) < 4.78 is 5.78. The van der Waals surface area contributed by atoms with Gasteiger partial charge >= 0.3 is 0 Å². The molecule has 0 spiro atoms. The Hall–Kier alpha value is -1.93. The second-order valence-corrected chi connectivity index (χ2v) is 7.59. The molecule has 0 atom stereocenters. The zero-order valence-corrected chi connectivity index (χ0v) is 15.0. The molecule has 3 rings (SSSR count). The quantitative estimate of drug-likeness (QED) is 0.428. The third-order valence-electron chi connectivity index (χ3n) is 3.59. The Balaban J connectivity index is 1.60. The van der Waals surface area contributed by atoms with E-state index in [1.807, 2.05) is 0 Å². The number of ether oxygens (including phenoxy) is 1. The standard InChI is InChI=1S/C16H17N3O3S2/c1-10(20)19(12-5-6-12)15-17-18-16(24-15)23-9-14(21)11-3-7-13(22-2)8-4-11/h3-4,7-8,12H,5-6,9H2,1-2H3. The molecule has 1 amide bonds. The number of amides is 1. The Bertz CT molecular complexity index is 741. The fraction of sp³-hybridized carbons (Fsp3) is 0.375. The highest BCUT2D eigenvalue weighted by Crippen LogP contribution is 2.35. The SMILES string of the molecule is COc1ccc(C(=O)CSc2nnc(N(C(C)=O)C3CC3)s2)cc1. The van der Waals surface area contributed by atoms with Crippen molar-refractivity contribution in [3.05, 3.63) is 29.8 Å². The van der Waals surface area contributed by atoms with E-state index in [1.165, 1.54) is 23.1 Å². The lowest BCUT2D eigenvalue weighted by atomic mass is 10.1. The summed E-state index contributed by atoms with van der Waals surface area (Å²) in [6.45, 7) is 1.54. The van der Waals surface area contributed by atoms with Gasteiger partial charge in [0.1, 0.15) is 5.75 Å². The number of thioether (sulfide) groups is 1. The number of nitrogens with zero attached hydrogens (tertiary/aromatic N) is 3. The van der Waals surface area contributed by atoms with Gasteiger partial charge < -0.3 is 4.74 Å². The number of aromatic nitrogens is 2. The van der Waals surface area contributed by atoms with Crippen molar-refractivity contribution in [3.8, 4) is 5.75 Å². The van der Waals surface area contributed by atoms with Crippen LogP contribution in [0.2, 0.25) is 0 Å². The zero-order chi connectivity index (χ0) is 17.1. The molecule has 8 heteroatoms. The number of benzene rings is 1. The van der Waals surface area contributed by atoms with Gasteiger partial charge in [-0.1, -0.05) is 23.1 Å². The predicted octanol–water partition coefficient (Wildman–Crippen LogP) is 3.04. The first-order valence-electron chi connectivity index (χ1n) is 7.52. The Kier molecular flexibility index (Phi) is 5.15. The zero-order valence-electron chi connectivity index (χ0n) is 13.4. The van der Waals surface area contributed by atoms with E-state index < -0.39 is 0 Å².